The minimum Gasteiger partial charge on any atom is -0.469 e. The summed E-state index contributed by atoms with van der Waals surface area (Å²) in [5.74, 6) is 0.457. The first kappa shape index (κ1) is 13.8. The molecule has 0 spiro atoms. The van der Waals surface area contributed by atoms with Crippen molar-refractivity contribution in [2.45, 2.75) is 19.9 Å². The van der Waals surface area contributed by atoms with E-state index in [2.05, 4.69) is 11.1 Å². The summed E-state index contributed by atoms with van der Waals surface area (Å²) < 4.78 is 5.17. The molecule has 0 fully saturated rings. The van der Waals surface area contributed by atoms with E-state index in [4.69, 9.17) is 9.68 Å². The Kier molecular flexibility index (Phi) is 4.51. The number of aryl methyl sites for hydroxylation is 1. The molecule has 0 unspecified atom stereocenters. The number of rotatable bonds is 5. The maximum absolute atomic E-state index is 12.5. The third-order valence-electron chi connectivity index (χ3n) is 2.97. The lowest BCUT2D eigenvalue weighted by atomic mass is 10.2. The molecule has 2 rings (SSSR count). The van der Waals surface area contributed by atoms with E-state index in [1.54, 1.807) is 30.3 Å². The quantitative estimate of drug-likeness (QED) is 0.836. The molecule has 0 N–H and O–H groups in total. The molecule has 5 nitrogen and oxygen atoms in total. The molecule has 2 heterocycles. The molecule has 0 aromatic carbocycles. The zero-order valence-corrected chi connectivity index (χ0v) is 11.2. The van der Waals surface area contributed by atoms with Crippen LogP contribution in [0.25, 0.3) is 0 Å². The summed E-state index contributed by atoms with van der Waals surface area (Å²) in [6.45, 7) is 2.56. The van der Waals surface area contributed by atoms with Crippen LogP contribution in [0.4, 0.5) is 0 Å². The largest absolute Gasteiger partial charge is 0.469 e. The molecule has 0 bridgehead atoms. The molecule has 5 heteroatoms. The Morgan fingerprint density at radius 3 is 2.95 bits per heavy atom. The van der Waals surface area contributed by atoms with Gasteiger partial charge in [-0.25, -0.2) is 0 Å². The molecule has 0 aliphatic rings. The standard InChI is InChI=1S/C15H15N3O2/c1-12-14(5-9-20-12)15(19)18(8-3-6-16)11-13-4-2-7-17-10-13/h2,4-5,7,9-10H,3,8,11H2,1H3. The highest BCUT2D eigenvalue weighted by Gasteiger charge is 2.19. The van der Waals surface area contributed by atoms with Gasteiger partial charge in [-0.05, 0) is 24.6 Å². The van der Waals surface area contributed by atoms with Crippen molar-refractivity contribution in [3.63, 3.8) is 0 Å². The Labute approximate surface area is 117 Å². The van der Waals surface area contributed by atoms with E-state index >= 15 is 0 Å². The average molecular weight is 269 g/mol. The number of pyridine rings is 1. The lowest BCUT2D eigenvalue weighted by Crippen LogP contribution is -2.31. The zero-order chi connectivity index (χ0) is 14.4. The Bertz CT molecular complexity index is 614. The predicted molar refractivity (Wildman–Crippen MR) is 72.7 cm³/mol. The average Bonchev–Trinajstić information content (AvgIpc) is 2.90. The maximum Gasteiger partial charge on any atom is 0.257 e. The van der Waals surface area contributed by atoms with Crippen LogP contribution in [0.5, 0.6) is 0 Å². The van der Waals surface area contributed by atoms with E-state index in [-0.39, 0.29) is 5.91 Å². The van der Waals surface area contributed by atoms with Crippen LogP contribution in [-0.2, 0) is 6.54 Å². The molecule has 1 amide bonds. The number of carbonyl (C=O) groups excluding carboxylic acids is 1. The van der Waals surface area contributed by atoms with Crippen LogP contribution in [0.15, 0.2) is 41.3 Å². The Hall–Kier alpha value is -2.61. The smallest absolute Gasteiger partial charge is 0.257 e. The molecule has 0 radical (unpaired) electrons. The van der Waals surface area contributed by atoms with E-state index in [0.29, 0.717) is 30.8 Å². The molecule has 2 aromatic rings. The summed E-state index contributed by atoms with van der Waals surface area (Å²) in [6.07, 6.45) is 5.19. The molecule has 0 saturated heterocycles. The van der Waals surface area contributed by atoms with Gasteiger partial charge in [0.15, 0.2) is 0 Å². The second kappa shape index (κ2) is 6.53. The van der Waals surface area contributed by atoms with Crippen molar-refractivity contribution in [1.82, 2.24) is 9.88 Å². The first-order valence-corrected chi connectivity index (χ1v) is 6.31. The summed E-state index contributed by atoms with van der Waals surface area (Å²) in [5, 5.41) is 8.73. The number of furan rings is 1. The summed E-state index contributed by atoms with van der Waals surface area (Å²) in [4.78, 5) is 18.1. The van der Waals surface area contributed by atoms with E-state index < -0.39 is 0 Å². The second-order valence-electron chi connectivity index (χ2n) is 4.39. The lowest BCUT2D eigenvalue weighted by molar-refractivity contribution is 0.0745. The molecule has 20 heavy (non-hydrogen) atoms. The van der Waals surface area contributed by atoms with Gasteiger partial charge in [0.05, 0.1) is 24.3 Å². The fraction of sp³-hybridized carbons (Fsp3) is 0.267. The topological polar surface area (TPSA) is 70.1 Å². The number of hydrogen-bond acceptors (Lipinski definition) is 4. The third kappa shape index (κ3) is 3.23. The summed E-state index contributed by atoms with van der Waals surface area (Å²) >= 11 is 0. The monoisotopic (exact) mass is 269 g/mol. The molecule has 2 aromatic heterocycles. The second-order valence-corrected chi connectivity index (χ2v) is 4.39. The zero-order valence-electron chi connectivity index (χ0n) is 11.2. The molecular weight excluding hydrogens is 254 g/mol. The highest BCUT2D eigenvalue weighted by Crippen LogP contribution is 2.14. The molecule has 0 atom stereocenters. The van der Waals surface area contributed by atoms with Crippen LogP contribution in [0.1, 0.15) is 28.1 Å². The van der Waals surface area contributed by atoms with Gasteiger partial charge in [0, 0.05) is 25.5 Å². The van der Waals surface area contributed by atoms with E-state index in [1.165, 1.54) is 6.26 Å². The van der Waals surface area contributed by atoms with Crippen molar-refractivity contribution in [2.24, 2.45) is 0 Å². The maximum atomic E-state index is 12.5. The van der Waals surface area contributed by atoms with Gasteiger partial charge in [-0.15, -0.1) is 0 Å². The predicted octanol–water partition coefficient (Wildman–Crippen LogP) is 2.54. The Morgan fingerprint density at radius 2 is 2.35 bits per heavy atom. The minimum atomic E-state index is -0.129. The lowest BCUT2D eigenvalue weighted by Gasteiger charge is -2.21. The normalized spacial score (nSPS) is 10.0. The first-order valence-electron chi connectivity index (χ1n) is 6.31. The third-order valence-corrected chi connectivity index (χ3v) is 2.97. The van der Waals surface area contributed by atoms with E-state index in [1.807, 2.05) is 12.1 Å². The highest BCUT2D eigenvalue weighted by molar-refractivity contribution is 5.95. The summed E-state index contributed by atoms with van der Waals surface area (Å²) in [5.41, 5.74) is 1.46. The van der Waals surface area contributed by atoms with Crippen LogP contribution in [0.3, 0.4) is 0 Å². The van der Waals surface area contributed by atoms with Crippen molar-refractivity contribution >= 4 is 5.91 Å². The number of nitrogens with zero attached hydrogens (tertiary/aromatic N) is 3. The number of carbonyl (C=O) groups is 1. The van der Waals surface area contributed by atoms with Crippen LogP contribution >= 0.6 is 0 Å². The summed E-state index contributed by atoms with van der Waals surface area (Å²) in [6, 6.07) is 7.45. The van der Waals surface area contributed by atoms with Crippen molar-refractivity contribution in [2.75, 3.05) is 6.54 Å². The molecular formula is C15H15N3O2. The number of amides is 1. The van der Waals surface area contributed by atoms with E-state index in [9.17, 15) is 4.79 Å². The molecule has 0 aliphatic carbocycles. The Morgan fingerprint density at radius 1 is 1.50 bits per heavy atom. The van der Waals surface area contributed by atoms with Crippen molar-refractivity contribution in [3.05, 3.63) is 53.7 Å². The van der Waals surface area contributed by atoms with Gasteiger partial charge in [-0.1, -0.05) is 6.07 Å². The van der Waals surface area contributed by atoms with Gasteiger partial charge in [0.2, 0.25) is 0 Å². The fourth-order valence-corrected chi connectivity index (χ4v) is 1.93. The SMILES string of the molecule is Cc1occc1C(=O)N(CCC#N)Cc1cccnc1. The molecule has 102 valence electrons. The Balaban J connectivity index is 2.17. The van der Waals surface area contributed by atoms with Gasteiger partial charge in [-0.2, -0.15) is 5.26 Å². The number of hydrogen-bond donors (Lipinski definition) is 0. The van der Waals surface area contributed by atoms with Crippen molar-refractivity contribution in [1.29, 1.82) is 5.26 Å². The van der Waals surface area contributed by atoms with Gasteiger partial charge in [0.25, 0.3) is 5.91 Å². The van der Waals surface area contributed by atoms with Crippen LogP contribution < -0.4 is 0 Å². The number of aromatic nitrogens is 1. The minimum absolute atomic E-state index is 0.129. The van der Waals surface area contributed by atoms with Gasteiger partial charge >= 0.3 is 0 Å². The van der Waals surface area contributed by atoms with E-state index in [0.717, 1.165) is 5.56 Å². The summed E-state index contributed by atoms with van der Waals surface area (Å²) in [7, 11) is 0. The van der Waals surface area contributed by atoms with Crippen LogP contribution in [0.2, 0.25) is 0 Å². The molecule has 0 aliphatic heterocycles. The van der Waals surface area contributed by atoms with Crippen molar-refractivity contribution in [3.8, 4) is 6.07 Å². The van der Waals surface area contributed by atoms with Crippen LogP contribution in [0, 0.1) is 18.3 Å². The van der Waals surface area contributed by atoms with Gasteiger partial charge in [-0.3, -0.25) is 9.78 Å². The van der Waals surface area contributed by atoms with Gasteiger partial charge in [0.1, 0.15) is 5.76 Å². The molecule has 0 saturated carbocycles. The highest BCUT2D eigenvalue weighted by atomic mass is 16.3. The van der Waals surface area contributed by atoms with Crippen LogP contribution in [-0.4, -0.2) is 22.3 Å². The number of nitriles is 1. The fourth-order valence-electron chi connectivity index (χ4n) is 1.93. The van der Waals surface area contributed by atoms with Gasteiger partial charge < -0.3 is 9.32 Å². The first-order chi connectivity index (χ1) is 9.72. The van der Waals surface area contributed by atoms with Crippen molar-refractivity contribution < 1.29 is 9.21 Å².